The lowest BCUT2D eigenvalue weighted by molar-refractivity contribution is 0.0696. The number of unbranched alkanes of at least 4 members (excludes halogenated alkanes) is 6. The Morgan fingerprint density at radius 1 is 1.07 bits per heavy atom. The van der Waals surface area contributed by atoms with Crippen molar-refractivity contribution in [1.82, 2.24) is 14.1 Å². The number of hydrogen-bond donors (Lipinski definition) is 1. The molecule has 0 saturated heterocycles. The van der Waals surface area contributed by atoms with Crippen molar-refractivity contribution in [3.05, 3.63) is 58.5 Å². The molecule has 154 valence electrons. The molecule has 2 aromatic heterocycles. The number of benzene rings is 1. The Morgan fingerprint density at radius 2 is 1.79 bits per heavy atom. The van der Waals surface area contributed by atoms with E-state index in [1.807, 2.05) is 0 Å². The van der Waals surface area contributed by atoms with Gasteiger partial charge in [-0.25, -0.2) is 14.0 Å². The molecule has 0 amide bonds. The number of aryl methyl sites for hydroxylation is 1. The third kappa shape index (κ3) is 4.55. The van der Waals surface area contributed by atoms with Crippen LogP contribution in [0.2, 0.25) is 0 Å². The molecule has 0 fully saturated rings. The molecule has 0 aliphatic carbocycles. The largest absolute Gasteiger partial charge is 0.478 e. The molecule has 0 aliphatic rings. The number of carbonyl (C=O) groups is 1. The predicted molar refractivity (Wildman–Crippen MR) is 110 cm³/mol. The molecule has 1 aromatic carbocycles. The maximum atomic E-state index is 14.6. The second-order valence-electron chi connectivity index (χ2n) is 7.23. The monoisotopic (exact) mass is 399 g/mol. The molecule has 29 heavy (non-hydrogen) atoms. The summed E-state index contributed by atoms with van der Waals surface area (Å²) in [5.41, 5.74) is 0.725. The number of nitrogens with zero attached hydrogens (tertiary/aromatic N) is 3. The molecule has 0 unspecified atom stereocenters. The van der Waals surface area contributed by atoms with Crippen LogP contribution in [0, 0.1) is 5.82 Å². The third-order valence-electron chi connectivity index (χ3n) is 5.15. The Bertz CT molecular complexity index is 1060. The van der Waals surface area contributed by atoms with E-state index < -0.39 is 11.8 Å². The maximum absolute atomic E-state index is 14.6. The quantitative estimate of drug-likeness (QED) is 0.498. The van der Waals surface area contributed by atoms with Gasteiger partial charge in [-0.2, -0.15) is 0 Å². The zero-order chi connectivity index (χ0) is 20.8. The van der Waals surface area contributed by atoms with Gasteiger partial charge in [0, 0.05) is 12.7 Å². The van der Waals surface area contributed by atoms with Crippen LogP contribution in [-0.4, -0.2) is 25.2 Å². The number of carboxylic acids is 1. The van der Waals surface area contributed by atoms with Crippen LogP contribution < -0.4 is 5.69 Å². The average Bonchev–Trinajstić information content (AvgIpc) is 2.99. The van der Waals surface area contributed by atoms with E-state index in [2.05, 4.69) is 11.9 Å². The molecule has 0 atom stereocenters. The summed E-state index contributed by atoms with van der Waals surface area (Å²) in [5, 5.41) is 9.04. The Kier molecular flexibility index (Phi) is 6.80. The van der Waals surface area contributed by atoms with Crippen LogP contribution in [0.1, 0.15) is 62.2 Å². The summed E-state index contributed by atoms with van der Waals surface area (Å²) in [6.45, 7) is 2.73. The molecular formula is C22H26FN3O3. The predicted octanol–water partition coefficient (Wildman–Crippen LogP) is 4.78. The summed E-state index contributed by atoms with van der Waals surface area (Å²) in [7, 11) is 0. The molecule has 0 spiro atoms. The molecule has 0 radical (unpaired) electrons. The first kappa shape index (κ1) is 20.8. The van der Waals surface area contributed by atoms with Gasteiger partial charge < -0.3 is 5.11 Å². The minimum absolute atomic E-state index is 0.0366. The summed E-state index contributed by atoms with van der Waals surface area (Å²) in [6.07, 6.45) is 11.1. The molecular weight excluding hydrogens is 373 g/mol. The highest BCUT2D eigenvalue weighted by atomic mass is 19.1. The molecule has 3 rings (SSSR count). The number of fused-ring (bicyclic) bond motifs is 1. The molecule has 3 aromatic rings. The molecule has 6 nitrogen and oxygen atoms in total. The number of rotatable bonds is 10. The van der Waals surface area contributed by atoms with Gasteiger partial charge >= 0.3 is 11.7 Å². The number of imidazole rings is 1. The molecule has 2 heterocycles. The van der Waals surface area contributed by atoms with Gasteiger partial charge in [0.1, 0.15) is 5.82 Å². The van der Waals surface area contributed by atoms with E-state index >= 15 is 0 Å². The second-order valence-corrected chi connectivity index (χ2v) is 7.23. The average molecular weight is 399 g/mol. The highest BCUT2D eigenvalue weighted by Crippen LogP contribution is 2.21. The van der Waals surface area contributed by atoms with E-state index in [-0.39, 0.29) is 16.9 Å². The Morgan fingerprint density at radius 3 is 2.48 bits per heavy atom. The summed E-state index contributed by atoms with van der Waals surface area (Å²) < 4.78 is 17.5. The molecule has 7 heteroatoms. The van der Waals surface area contributed by atoms with Crippen LogP contribution >= 0.6 is 0 Å². The van der Waals surface area contributed by atoms with Crippen LogP contribution in [0.5, 0.6) is 0 Å². The van der Waals surface area contributed by atoms with E-state index in [0.29, 0.717) is 17.6 Å². The van der Waals surface area contributed by atoms with Crippen molar-refractivity contribution >= 4 is 17.0 Å². The van der Waals surface area contributed by atoms with Crippen LogP contribution in [0.3, 0.4) is 0 Å². The number of halogens is 1. The topological polar surface area (TPSA) is 77.1 Å². The van der Waals surface area contributed by atoms with Gasteiger partial charge in [-0.05, 0) is 30.7 Å². The van der Waals surface area contributed by atoms with Gasteiger partial charge in [-0.1, -0.05) is 45.4 Å². The summed E-state index contributed by atoms with van der Waals surface area (Å²) in [4.78, 5) is 28.3. The van der Waals surface area contributed by atoms with Gasteiger partial charge in [-0.3, -0.25) is 14.1 Å². The van der Waals surface area contributed by atoms with Crippen LogP contribution in [0.15, 0.2) is 41.5 Å². The van der Waals surface area contributed by atoms with E-state index in [0.717, 1.165) is 25.3 Å². The van der Waals surface area contributed by atoms with E-state index in [1.54, 1.807) is 23.0 Å². The SMILES string of the molecule is CCCCCCCCCn1c(=O)n(-c2ccc(C(=O)O)cc2F)c2ccncc21. The minimum atomic E-state index is -1.21. The number of aromatic carboxylic acids is 1. The van der Waals surface area contributed by atoms with Crippen molar-refractivity contribution in [2.75, 3.05) is 0 Å². The highest BCUT2D eigenvalue weighted by molar-refractivity contribution is 5.88. The first-order valence-electron chi connectivity index (χ1n) is 10.1. The minimum Gasteiger partial charge on any atom is -0.478 e. The van der Waals surface area contributed by atoms with Crippen molar-refractivity contribution in [2.24, 2.45) is 0 Å². The smallest absolute Gasteiger partial charge is 0.335 e. The van der Waals surface area contributed by atoms with E-state index in [9.17, 15) is 14.0 Å². The molecule has 0 bridgehead atoms. The number of pyridine rings is 1. The van der Waals surface area contributed by atoms with Crippen molar-refractivity contribution in [3.8, 4) is 5.69 Å². The standard InChI is InChI=1S/C22H26FN3O3/c1-2-3-4-5-6-7-8-13-25-20-15-24-12-11-19(20)26(22(25)29)18-10-9-16(21(27)28)14-17(18)23/h9-12,14-15H,2-8,13H2,1H3,(H,27,28). The van der Waals surface area contributed by atoms with Crippen molar-refractivity contribution in [3.63, 3.8) is 0 Å². The Balaban J connectivity index is 1.87. The van der Waals surface area contributed by atoms with Gasteiger partial charge in [0.05, 0.1) is 28.5 Å². The Labute approximate surface area is 168 Å². The lowest BCUT2D eigenvalue weighted by Gasteiger charge is -2.06. The van der Waals surface area contributed by atoms with Crippen molar-refractivity contribution in [1.29, 1.82) is 0 Å². The van der Waals surface area contributed by atoms with Gasteiger partial charge in [0.2, 0.25) is 0 Å². The maximum Gasteiger partial charge on any atom is 0.335 e. The first-order valence-corrected chi connectivity index (χ1v) is 10.1. The third-order valence-corrected chi connectivity index (χ3v) is 5.15. The first-order chi connectivity index (χ1) is 14.0. The van der Waals surface area contributed by atoms with Crippen molar-refractivity contribution in [2.45, 2.75) is 58.4 Å². The zero-order valence-electron chi connectivity index (χ0n) is 16.6. The second kappa shape index (κ2) is 9.49. The van der Waals surface area contributed by atoms with E-state index in [1.165, 1.54) is 42.4 Å². The Hall–Kier alpha value is -2.96. The highest BCUT2D eigenvalue weighted by Gasteiger charge is 2.18. The van der Waals surface area contributed by atoms with Gasteiger partial charge in [0.15, 0.2) is 0 Å². The van der Waals surface area contributed by atoms with Crippen molar-refractivity contribution < 1.29 is 14.3 Å². The molecule has 1 N–H and O–H groups in total. The summed E-state index contributed by atoms with van der Waals surface area (Å²) in [5.74, 6) is -1.97. The fourth-order valence-corrected chi connectivity index (χ4v) is 3.60. The lowest BCUT2D eigenvalue weighted by Crippen LogP contribution is -2.24. The normalized spacial score (nSPS) is 11.2. The summed E-state index contributed by atoms with van der Waals surface area (Å²) in [6, 6.07) is 5.24. The molecule has 0 aliphatic heterocycles. The molecule has 0 saturated carbocycles. The zero-order valence-corrected chi connectivity index (χ0v) is 16.6. The van der Waals surface area contributed by atoms with Crippen LogP contribution in [0.25, 0.3) is 16.7 Å². The van der Waals surface area contributed by atoms with Crippen LogP contribution in [0.4, 0.5) is 4.39 Å². The number of aromatic nitrogens is 3. The van der Waals surface area contributed by atoms with Gasteiger partial charge in [0.25, 0.3) is 0 Å². The fourth-order valence-electron chi connectivity index (χ4n) is 3.60. The fraction of sp³-hybridized carbons (Fsp3) is 0.409. The number of hydrogen-bond acceptors (Lipinski definition) is 3. The summed E-state index contributed by atoms with van der Waals surface area (Å²) >= 11 is 0. The van der Waals surface area contributed by atoms with Crippen LogP contribution in [-0.2, 0) is 6.54 Å². The lowest BCUT2D eigenvalue weighted by atomic mass is 10.1. The van der Waals surface area contributed by atoms with Gasteiger partial charge in [-0.15, -0.1) is 0 Å². The van der Waals surface area contributed by atoms with E-state index in [4.69, 9.17) is 5.11 Å². The number of carboxylic acid groups (broad SMARTS) is 1.